The van der Waals surface area contributed by atoms with Gasteiger partial charge in [-0.2, -0.15) is 0 Å². The molecule has 5 heteroatoms. The molecule has 0 heterocycles. The van der Waals surface area contributed by atoms with E-state index in [0.717, 1.165) is 0 Å². The second-order valence-corrected chi connectivity index (χ2v) is 0. The van der Waals surface area contributed by atoms with E-state index < -0.39 is 0 Å². The van der Waals surface area contributed by atoms with E-state index in [1.165, 1.54) is 0 Å². The molecule has 0 atom stereocenters. The summed E-state index contributed by atoms with van der Waals surface area (Å²) in [5, 5.41) is 0. The fourth-order valence-electron chi connectivity index (χ4n) is 0. The molecule has 0 nitrogen and oxygen atoms in total. The Morgan fingerprint density at radius 1 is 1.20 bits per heavy atom. The summed E-state index contributed by atoms with van der Waals surface area (Å²) in [5.74, 6) is 0. The second-order valence-electron chi connectivity index (χ2n) is 0. The quantitative estimate of drug-likeness (QED) is 0.481. The molecule has 0 unspecified atom stereocenters. The van der Waals surface area contributed by atoms with Gasteiger partial charge >= 0.3 is 22.0 Å². The summed E-state index contributed by atoms with van der Waals surface area (Å²) in [4.78, 5) is 0. The van der Waals surface area contributed by atoms with E-state index in [1.807, 2.05) is 0 Å². The molecular weight excluding hydrogens is 373 g/mol. The van der Waals surface area contributed by atoms with Gasteiger partial charge in [-0.25, -0.2) is 0 Å². The Labute approximate surface area is 76.4 Å². The summed E-state index contributed by atoms with van der Waals surface area (Å²) in [6.45, 7) is 1.62. The van der Waals surface area contributed by atoms with Crippen LogP contribution in [0.1, 0.15) is 0 Å². The van der Waals surface area contributed by atoms with E-state index in [0.29, 0.717) is 0 Å². The van der Waals surface area contributed by atoms with Crippen molar-refractivity contribution in [2.24, 2.45) is 0 Å². The molecule has 0 aromatic carbocycles. The minimum Gasteiger partial charge on any atom is 0 e. The summed E-state index contributed by atoms with van der Waals surface area (Å²) in [7, 11) is 0. The third kappa shape index (κ3) is 22.1. The Bertz CT molecular complexity index is 11.6. The minimum atomic E-state index is 0. The average molecular weight is 375 g/mol. The molecular formula is H2BCuFeNiW. The van der Waals surface area contributed by atoms with Gasteiger partial charge < -0.3 is 0 Å². The summed E-state index contributed by atoms with van der Waals surface area (Å²) in [6, 6.07) is 0. The van der Waals surface area contributed by atoms with Crippen LogP contribution in [-0.4, -0.2) is 6.74 Å². The van der Waals surface area contributed by atoms with Gasteiger partial charge in [0.25, 0.3) is 0 Å². The Kier molecular flexibility index (Phi) is 179. The molecule has 0 aromatic rings. The zero-order valence-corrected chi connectivity index (χ0v) is 8.35. The Balaban J connectivity index is -0.00000000167. The first-order valence-corrected chi connectivity index (χ1v) is 1.30. The normalized spacial score (nSPS) is 1.20. The molecule has 0 saturated heterocycles. The maximum atomic E-state index is 3.88. The molecule has 0 spiro atoms. The summed E-state index contributed by atoms with van der Waals surface area (Å²) >= 11 is 3.88. The van der Waals surface area contributed by atoms with Gasteiger partial charge in [-0.3, -0.25) is 0 Å². The van der Waals surface area contributed by atoms with Crippen LogP contribution in [0.15, 0.2) is 0 Å². The van der Waals surface area contributed by atoms with Gasteiger partial charge in [-0.15, -0.1) is 0 Å². The van der Waals surface area contributed by atoms with Crippen LogP contribution in [0.5, 0.6) is 0 Å². The van der Waals surface area contributed by atoms with E-state index in [2.05, 4.69) is 15.3 Å². The van der Waals surface area contributed by atoms with E-state index in [-0.39, 0.29) is 55.2 Å². The molecule has 0 saturated carbocycles. The molecule has 0 aliphatic rings. The van der Waals surface area contributed by atoms with E-state index in [9.17, 15) is 0 Å². The first kappa shape index (κ1) is 26.7. The van der Waals surface area contributed by atoms with Gasteiger partial charge in [-0.05, 0) is 0 Å². The van der Waals surface area contributed by atoms with Crippen molar-refractivity contribution in [3.05, 3.63) is 0 Å². The van der Waals surface area contributed by atoms with Crippen molar-refractivity contribution >= 4 is 6.74 Å². The van der Waals surface area contributed by atoms with Crippen molar-refractivity contribution < 1.29 is 70.5 Å². The van der Waals surface area contributed by atoms with Crippen LogP contribution >= 0.6 is 0 Å². The largest absolute Gasteiger partial charge is 0 e. The predicted molar refractivity (Wildman–Crippen MR) is 8.54 cm³/mol. The molecule has 0 rings (SSSR count). The second kappa shape index (κ2) is 33.6. The van der Waals surface area contributed by atoms with Crippen molar-refractivity contribution in [2.75, 3.05) is 0 Å². The van der Waals surface area contributed by atoms with Gasteiger partial charge in [0.05, 0.1) is 0 Å². The Morgan fingerprint density at radius 3 is 1.20 bits per heavy atom. The zero-order chi connectivity index (χ0) is 2.00. The third-order valence-electron chi connectivity index (χ3n) is 0. The van der Waals surface area contributed by atoms with Gasteiger partial charge in [0.1, 0.15) is 0 Å². The van der Waals surface area contributed by atoms with E-state index in [1.54, 1.807) is 6.74 Å². The molecule has 0 aliphatic heterocycles. The Hall–Kier alpha value is 2.29. The van der Waals surface area contributed by atoms with Gasteiger partial charge in [0, 0.05) is 55.2 Å². The van der Waals surface area contributed by atoms with Crippen molar-refractivity contribution in [1.29, 1.82) is 0 Å². The Morgan fingerprint density at radius 2 is 1.20 bits per heavy atom. The average Bonchev–Trinajstić information content (AvgIpc) is 1.00. The van der Waals surface area contributed by atoms with Crippen LogP contribution in [0.25, 0.3) is 0 Å². The van der Waals surface area contributed by atoms with Crippen molar-refractivity contribution in [3.8, 4) is 0 Å². The first-order valence-electron chi connectivity index (χ1n) is 0.316. The fourth-order valence-corrected chi connectivity index (χ4v) is 0. The first-order chi connectivity index (χ1) is 1.00. The van der Waals surface area contributed by atoms with E-state index >= 15 is 0 Å². The number of hydrogen-bond donors (Lipinski definition) is 0. The molecule has 0 amide bonds. The monoisotopic (exact) mass is 374 g/mol. The molecule has 0 aliphatic carbocycles. The molecule has 0 fully saturated rings. The van der Waals surface area contributed by atoms with Crippen LogP contribution in [0.3, 0.4) is 0 Å². The predicted octanol–water partition coefficient (Wildman–Crippen LogP) is -0.926. The summed E-state index contributed by atoms with van der Waals surface area (Å²) < 4.78 is 0. The minimum absolute atomic E-state index is 0. The van der Waals surface area contributed by atoms with Crippen LogP contribution < -0.4 is 0 Å². The molecule has 0 bridgehead atoms. The standard InChI is InChI=1S/BH2.Cu.Fe.Ni.W/h1H2;;;;/q+1;;;-1;. The van der Waals surface area contributed by atoms with Gasteiger partial charge in [0.2, 0.25) is 0 Å². The zero-order valence-electron chi connectivity index (χ0n) is 2.38. The maximum Gasteiger partial charge on any atom is 0 e. The number of rotatable bonds is 0. The summed E-state index contributed by atoms with van der Waals surface area (Å²) in [6.07, 6.45) is 0. The molecule has 0 aromatic heterocycles. The van der Waals surface area contributed by atoms with Crippen LogP contribution in [0.2, 0.25) is 0 Å². The topological polar surface area (TPSA) is 0 Å². The number of hydrogen-bond acceptors (Lipinski definition) is 0. The van der Waals surface area contributed by atoms with Crippen LogP contribution in [0.4, 0.5) is 0 Å². The molecule has 1 radical (unpaired) electrons. The van der Waals surface area contributed by atoms with Crippen LogP contribution in [0, 0.1) is 0 Å². The van der Waals surface area contributed by atoms with Gasteiger partial charge in [-0.1, -0.05) is 0 Å². The SMILES string of the molecule is [BH2][Ni].[Cu].[Fe].[W]. The molecule has 0 N–H and O–H groups in total. The third-order valence-corrected chi connectivity index (χ3v) is 0. The van der Waals surface area contributed by atoms with E-state index in [4.69, 9.17) is 0 Å². The molecule has 5 heavy (non-hydrogen) atoms. The maximum absolute atomic E-state index is 3.88. The summed E-state index contributed by atoms with van der Waals surface area (Å²) in [5.41, 5.74) is 0. The fraction of sp³-hybridized carbons (Fsp3) is 0. The van der Waals surface area contributed by atoms with Crippen molar-refractivity contribution in [2.45, 2.75) is 0 Å². The van der Waals surface area contributed by atoms with Gasteiger partial charge in [0.15, 0.2) is 0 Å². The van der Waals surface area contributed by atoms with Crippen molar-refractivity contribution in [1.82, 2.24) is 0 Å². The van der Waals surface area contributed by atoms with Crippen molar-refractivity contribution in [3.63, 3.8) is 0 Å². The van der Waals surface area contributed by atoms with Crippen LogP contribution in [-0.2, 0) is 70.5 Å². The smallest absolute Gasteiger partial charge is 0 e. The molecule has 40 valence electrons.